The molecule has 3 rings (SSSR count). The Kier molecular flexibility index (Phi) is 5.77. The summed E-state index contributed by atoms with van der Waals surface area (Å²) in [7, 11) is 0. The molecule has 1 saturated heterocycles. The molecule has 9 heteroatoms. The molecule has 0 saturated carbocycles. The fourth-order valence-electron chi connectivity index (χ4n) is 2.41. The SMILES string of the molecule is O=C(c1cc(F)ccc1-c1cc(O)nc(Cl)c1)N1CC(F)(F)C1.[Pr]. The molecule has 1 amide bonds. The van der Waals surface area contributed by atoms with Gasteiger partial charge in [0.25, 0.3) is 11.8 Å². The number of carbonyl (C=O) groups is 1. The number of nitrogens with zero attached hydrogens (tertiary/aromatic N) is 2. The van der Waals surface area contributed by atoms with E-state index in [-0.39, 0.29) is 63.5 Å². The second-order valence-electron chi connectivity index (χ2n) is 5.24. The summed E-state index contributed by atoms with van der Waals surface area (Å²) in [6.07, 6.45) is 0. The number of pyridine rings is 1. The van der Waals surface area contributed by atoms with Gasteiger partial charge in [-0.2, -0.15) is 0 Å². The van der Waals surface area contributed by atoms with Crippen LogP contribution >= 0.6 is 11.6 Å². The van der Waals surface area contributed by atoms with Gasteiger partial charge in [0.2, 0.25) is 5.88 Å². The van der Waals surface area contributed by atoms with Crippen LogP contribution in [-0.4, -0.2) is 39.9 Å². The first-order valence-corrected chi connectivity index (χ1v) is 6.96. The summed E-state index contributed by atoms with van der Waals surface area (Å²) in [4.78, 5) is 16.9. The van der Waals surface area contributed by atoms with Gasteiger partial charge in [0.1, 0.15) is 11.0 Å². The van der Waals surface area contributed by atoms with Crippen LogP contribution in [0.3, 0.4) is 0 Å². The van der Waals surface area contributed by atoms with E-state index in [1.165, 1.54) is 18.2 Å². The van der Waals surface area contributed by atoms with Crippen LogP contribution in [0.25, 0.3) is 11.1 Å². The number of alkyl halides is 2. The molecule has 0 bridgehead atoms. The molecule has 1 aromatic heterocycles. The van der Waals surface area contributed by atoms with E-state index >= 15 is 0 Å². The molecule has 0 unspecified atom stereocenters. The Balaban J connectivity index is 0.00000208. The fourth-order valence-corrected chi connectivity index (χ4v) is 2.61. The van der Waals surface area contributed by atoms with E-state index < -0.39 is 30.7 Å². The van der Waals surface area contributed by atoms with Crippen LogP contribution < -0.4 is 0 Å². The largest absolute Gasteiger partial charge is 0.493 e. The standard InChI is InChI=1S/C15H10ClF3N2O2.Pr/c16-12-3-8(4-13(22)20-12)10-2-1-9(17)5-11(10)14(23)21-6-15(18,19)7-21;/h1-5H,6-7H2,(H,20,22);. The van der Waals surface area contributed by atoms with Crippen LogP contribution in [0.4, 0.5) is 13.2 Å². The molecule has 1 radical (unpaired) electrons. The van der Waals surface area contributed by atoms with Crippen molar-refractivity contribution in [3.05, 3.63) is 46.9 Å². The summed E-state index contributed by atoms with van der Waals surface area (Å²) in [5.41, 5.74) is 0.520. The van der Waals surface area contributed by atoms with Gasteiger partial charge < -0.3 is 10.0 Å². The van der Waals surface area contributed by atoms with Gasteiger partial charge in [-0.25, -0.2) is 18.2 Å². The molecular weight excluding hydrogens is 474 g/mol. The van der Waals surface area contributed by atoms with Gasteiger partial charge in [0.15, 0.2) is 0 Å². The Bertz CT molecular complexity index is 776. The molecule has 1 aromatic carbocycles. The molecule has 1 aliphatic rings. The van der Waals surface area contributed by atoms with Crippen molar-refractivity contribution < 1.29 is 64.4 Å². The molecule has 0 atom stereocenters. The van der Waals surface area contributed by atoms with Gasteiger partial charge in [-0.1, -0.05) is 17.7 Å². The number of carbonyl (C=O) groups excluding carboxylic acids is 1. The summed E-state index contributed by atoms with van der Waals surface area (Å²) in [5.74, 6) is -4.67. The smallest absolute Gasteiger partial charge is 0.282 e. The Morgan fingerprint density at radius 3 is 2.50 bits per heavy atom. The van der Waals surface area contributed by atoms with Gasteiger partial charge >= 0.3 is 0 Å². The zero-order chi connectivity index (χ0) is 16.8. The summed E-state index contributed by atoms with van der Waals surface area (Å²) in [6.45, 7) is -1.41. The second-order valence-corrected chi connectivity index (χ2v) is 5.63. The number of likely N-dealkylation sites (tertiary alicyclic amines) is 1. The Morgan fingerprint density at radius 1 is 1.25 bits per heavy atom. The molecule has 24 heavy (non-hydrogen) atoms. The van der Waals surface area contributed by atoms with Gasteiger partial charge in [-0.3, -0.25) is 4.79 Å². The van der Waals surface area contributed by atoms with E-state index in [0.717, 1.165) is 17.0 Å². The van der Waals surface area contributed by atoms with Crippen molar-refractivity contribution in [1.29, 1.82) is 0 Å². The molecule has 4 nitrogen and oxygen atoms in total. The van der Waals surface area contributed by atoms with E-state index in [4.69, 9.17) is 11.6 Å². The Labute approximate surface area is 173 Å². The molecule has 0 spiro atoms. The zero-order valence-electron chi connectivity index (χ0n) is 12.1. The second kappa shape index (κ2) is 7.14. The maximum absolute atomic E-state index is 13.5. The van der Waals surface area contributed by atoms with Gasteiger partial charge in [0, 0.05) is 47.4 Å². The minimum Gasteiger partial charge on any atom is -0.493 e. The van der Waals surface area contributed by atoms with E-state index in [0.29, 0.717) is 5.56 Å². The molecule has 1 fully saturated rings. The third-order valence-corrected chi connectivity index (χ3v) is 3.63. The van der Waals surface area contributed by atoms with E-state index in [2.05, 4.69) is 4.98 Å². The first-order chi connectivity index (χ1) is 10.7. The quantitative estimate of drug-likeness (QED) is 0.667. The van der Waals surface area contributed by atoms with Crippen LogP contribution in [0.1, 0.15) is 10.4 Å². The predicted octanol–water partition coefficient (Wildman–Crippen LogP) is 3.34. The molecular formula is C15H10ClF3N2O2Pr. The topological polar surface area (TPSA) is 53.4 Å². The molecule has 123 valence electrons. The minimum absolute atomic E-state index is 0. The number of hydrogen-bond acceptors (Lipinski definition) is 3. The number of amides is 1. The molecule has 1 aliphatic heterocycles. The molecule has 2 heterocycles. The third-order valence-electron chi connectivity index (χ3n) is 3.44. The average molecular weight is 484 g/mol. The number of aromatic hydroxyl groups is 1. The fraction of sp³-hybridized carbons (Fsp3) is 0.200. The van der Waals surface area contributed by atoms with Gasteiger partial charge in [-0.15, -0.1) is 0 Å². The zero-order valence-corrected chi connectivity index (χ0v) is 16.6. The summed E-state index contributed by atoms with van der Waals surface area (Å²) >= 11 is 5.76. The van der Waals surface area contributed by atoms with Crippen molar-refractivity contribution in [3.63, 3.8) is 0 Å². The summed E-state index contributed by atoms with van der Waals surface area (Å²) < 4.78 is 39.4. The predicted molar refractivity (Wildman–Crippen MR) is 77.2 cm³/mol. The average Bonchev–Trinajstić information content (AvgIpc) is 2.42. The van der Waals surface area contributed by atoms with Crippen LogP contribution in [-0.2, 0) is 0 Å². The Morgan fingerprint density at radius 2 is 1.92 bits per heavy atom. The van der Waals surface area contributed by atoms with Crippen molar-refractivity contribution in [2.24, 2.45) is 0 Å². The minimum atomic E-state index is -2.92. The first kappa shape index (κ1) is 19.4. The van der Waals surface area contributed by atoms with Gasteiger partial charge in [-0.05, 0) is 29.3 Å². The molecule has 2 aromatic rings. The number of aromatic nitrogens is 1. The van der Waals surface area contributed by atoms with Crippen molar-refractivity contribution in [3.8, 4) is 17.0 Å². The maximum Gasteiger partial charge on any atom is 0.282 e. The van der Waals surface area contributed by atoms with Crippen molar-refractivity contribution in [2.45, 2.75) is 5.92 Å². The van der Waals surface area contributed by atoms with Gasteiger partial charge in [0.05, 0.1) is 18.7 Å². The van der Waals surface area contributed by atoms with Crippen molar-refractivity contribution in [1.82, 2.24) is 9.88 Å². The van der Waals surface area contributed by atoms with Crippen LogP contribution in [0.5, 0.6) is 5.88 Å². The van der Waals surface area contributed by atoms with E-state index in [1.54, 1.807) is 0 Å². The summed E-state index contributed by atoms with van der Waals surface area (Å²) in [6, 6.07) is 6.06. The number of benzene rings is 1. The third kappa shape index (κ3) is 4.00. The first-order valence-electron chi connectivity index (χ1n) is 6.59. The van der Waals surface area contributed by atoms with Crippen LogP contribution in [0.15, 0.2) is 30.3 Å². The summed E-state index contributed by atoms with van der Waals surface area (Å²) in [5, 5.41) is 9.49. The molecule has 0 aliphatic carbocycles. The van der Waals surface area contributed by atoms with Crippen LogP contribution in [0, 0.1) is 47.1 Å². The Hall–Kier alpha value is -0.916. The number of hydrogen-bond donors (Lipinski definition) is 1. The normalized spacial score (nSPS) is 15.4. The van der Waals surface area contributed by atoms with Crippen molar-refractivity contribution in [2.75, 3.05) is 13.1 Å². The van der Waals surface area contributed by atoms with E-state index in [1.807, 2.05) is 0 Å². The monoisotopic (exact) mass is 483 g/mol. The number of halogens is 4. The molecule has 1 N–H and O–H groups in total. The van der Waals surface area contributed by atoms with Crippen molar-refractivity contribution >= 4 is 17.5 Å². The maximum atomic E-state index is 13.5. The van der Waals surface area contributed by atoms with Crippen LogP contribution in [0.2, 0.25) is 5.15 Å². The number of rotatable bonds is 2. The van der Waals surface area contributed by atoms with E-state index in [9.17, 15) is 23.1 Å².